The number of nitrogens with one attached hydrogen (secondary N) is 1. The number of thiazole rings is 1. The predicted octanol–water partition coefficient (Wildman–Crippen LogP) is 2.36. The zero-order chi connectivity index (χ0) is 20.6. The lowest BCUT2D eigenvalue weighted by Crippen LogP contribution is -2.30. The van der Waals surface area contributed by atoms with Gasteiger partial charge in [0.2, 0.25) is 10.0 Å². The first-order valence-electron chi connectivity index (χ1n) is 8.08. The van der Waals surface area contributed by atoms with Crippen molar-refractivity contribution in [1.82, 2.24) is 13.6 Å². The zero-order valence-corrected chi connectivity index (χ0v) is 18.5. The molecule has 0 aliphatic heterocycles. The van der Waals surface area contributed by atoms with Crippen molar-refractivity contribution in [3.05, 3.63) is 39.8 Å². The molecule has 0 fully saturated rings. The maximum Gasteiger partial charge on any atom is 0.301 e. The first kappa shape index (κ1) is 21.8. The van der Waals surface area contributed by atoms with Crippen LogP contribution in [-0.4, -0.2) is 51.6 Å². The van der Waals surface area contributed by atoms with Gasteiger partial charge in [-0.1, -0.05) is 0 Å². The van der Waals surface area contributed by atoms with Gasteiger partial charge >= 0.3 is 10.2 Å². The van der Waals surface area contributed by atoms with Gasteiger partial charge in [0, 0.05) is 31.7 Å². The Bertz CT molecular complexity index is 1010. The molecule has 0 amide bonds. The van der Waals surface area contributed by atoms with Crippen molar-refractivity contribution in [3.8, 4) is 0 Å². The van der Waals surface area contributed by atoms with Crippen LogP contribution in [-0.2, 0) is 20.2 Å². The van der Waals surface area contributed by atoms with E-state index in [1.54, 1.807) is 6.92 Å². The van der Waals surface area contributed by atoms with Crippen molar-refractivity contribution < 1.29 is 16.8 Å². The lowest BCUT2D eigenvalue weighted by molar-refractivity contribution is 0.392. The number of hydrogen-bond acceptors (Lipinski definition) is 6. The Morgan fingerprint density at radius 2 is 1.59 bits per heavy atom. The van der Waals surface area contributed by atoms with Crippen LogP contribution in [0, 0.1) is 13.8 Å². The van der Waals surface area contributed by atoms with Crippen LogP contribution < -0.4 is 4.72 Å². The molecule has 0 saturated heterocycles. The molecule has 0 saturated carbocycles. The number of hydrogen-bond donors (Lipinski definition) is 1. The van der Waals surface area contributed by atoms with Crippen molar-refractivity contribution in [2.45, 2.75) is 31.7 Å². The molecule has 1 heterocycles. The van der Waals surface area contributed by atoms with Crippen LogP contribution in [0.4, 0.5) is 5.69 Å². The molecule has 8 nitrogen and oxygen atoms in total. The van der Waals surface area contributed by atoms with Crippen LogP contribution in [0.25, 0.3) is 0 Å². The van der Waals surface area contributed by atoms with Crippen LogP contribution in [0.2, 0.25) is 0 Å². The first-order chi connectivity index (χ1) is 12.4. The second kappa shape index (κ2) is 7.84. The third kappa shape index (κ3) is 4.66. The first-order valence-corrected chi connectivity index (χ1v) is 11.8. The van der Waals surface area contributed by atoms with E-state index >= 15 is 0 Å². The fraction of sp³-hybridized carbons (Fsp3) is 0.438. The fourth-order valence-corrected chi connectivity index (χ4v) is 5.27. The van der Waals surface area contributed by atoms with Gasteiger partial charge in [-0.15, -0.1) is 11.3 Å². The van der Waals surface area contributed by atoms with Gasteiger partial charge in [-0.2, -0.15) is 17.0 Å². The molecule has 1 aromatic carbocycles. The smallest absolute Gasteiger partial charge is 0.271 e. The van der Waals surface area contributed by atoms with Gasteiger partial charge in [0.1, 0.15) is 0 Å². The average Bonchev–Trinajstić information content (AvgIpc) is 2.91. The van der Waals surface area contributed by atoms with Gasteiger partial charge in [-0.3, -0.25) is 4.72 Å². The standard InChI is InChI=1S/C16H24N4O4S3/c1-11(16-12(2)25-13(3)17-16)20(6)26(21,22)15-9-7-14(8-10-15)18-27(23,24)19(4)5/h7-11,18H,1-6H3/t11-/m0/s1. The SMILES string of the molecule is Cc1nc([C@H](C)N(C)S(=O)(=O)c2ccc(NS(=O)(=O)N(C)C)cc2)c(C)s1. The molecule has 1 N–H and O–H groups in total. The Kier molecular flexibility index (Phi) is 6.32. The van der Waals surface area contributed by atoms with Crippen molar-refractivity contribution in [2.75, 3.05) is 25.9 Å². The summed E-state index contributed by atoms with van der Waals surface area (Å²) in [6.07, 6.45) is 0. The van der Waals surface area contributed by atoms with Gasteiger partial charge in [0.15, 0.2) is 0 Å². The van der Waals surface area contributed by atoms with Crippen molar-refractivity contribution >= 4 is 37.3 Å². The number of benzene rings is 1. The number of aromatic nitrogens is 1. The van der Waals surface area contributed by atoms with Crippen LogP contribution in [0.15, 0.2) is 29.2 Å². The van der Waals surface area contributed by atoms with E-state index in [4.69, 9.17) is 0 Å². The summed E-state index contributed by atoms with van der Waals surface area (Å²) in [7, 11) is -3.10. The molecule has 11 heteroatoms. The van der Waals surface area contributed by atoms with E-state index in [0.29, 0.717) is 0 Å². The third-order valence-corrected chi connectivity index (χ3v) is 8.44. The Morgan fingerprint density at radius 1 is 1.04 bits per heavy atom. The monoisotopic (exact) mass is 432 g/mol. The second-order valence-corrected chi connectivity index (χ2v) is 11.6. The highest BCUT2D eigenvalue weighted by Crippen LogP contribution is 2.30. The highest BCUT2D eigenvalue weighted by atomic mass is 32.2. The number of nitrogens with zero attached hydrogens (tertiary/aromatic N) is 3. The number of aryl methyl sites for hydroxylation is 2. The molecule has 0 unspecified atom stereocenters. The minimum absolute atomic E-state index is 0.0780. The molecular formula is C16H24N4O4S3. The Labute approximate surface area is 165 Å². The molecule has 1 aromatic heterocycles. The summed E-state index contributed by atoms with van der Waals surface area (Å²) < 4.78 is 54.2. The van der Waals surface area contributed by atoms with Crippen LogP contribution in [0.3, 0.4) is 0 Å². The summed E-state index contributed by atoms with van der Waals surface area (Å²) >= 11 is 1.53. The second-order valence-electron chi connectivity index (χ2n) is 6.29. The highest BCUT2D eigenvalue weighted by Gasteiger charge is 2.28. The van der Waals surface area contributed by atoms with Gasteiger partial charge in [-0.25, -0.2) is 13.4 Å². The van der Waals surface area contributed by atoms with E-state index in [9.17, 15) is 16.8 Å². The largest absolute Gasteiger partial charge is 0.301 e. The van der Waals surface area contributed by atoms with Gasteiger partial charge in [0.25, 0.3) is 0 Å². The van der Waals surface area contributed by atoms with E-state index in [0.717, 1.165) is 19.9 Å². The minimum Gasteiger partial charge on any atom is -0.271 e. The van der Waals surface area contributed by atoms with Gasteiger partial charge in [0.05, 0.1) is 21.6 Å². The summed E-state index contributed by atoms with van der Waals surface area (Å²) in [5, 5.41) is 0.887. The van der Waals surface area contributed by atoms with Crippen molar-refractivity contribution in [3.63, 3.8) is 0 Å². The fourth-order valence-electron chi connectivity index (χ4n) is 2.41. The van der Waals surface area contributed by atoms with Crippen LogP contribution in [0.5, 0.6) is 0 Å². The van der Waals surface area contributed by atoms with Gasteiger partial charge < -0.3 is 0 Å². The highest BCUT2D eigenvalue weighted by molar-refractivity contribution is 7.90. The Balaban J connectivity index is 2.27. The summed E-state index contributed by atoms with van der Waals surface area (Å²) in [5.41, 5.74) is 1.02. The number of rotatable bonds is 7. The topological polar surface area (TPSA) is 99.7 Å². The van der Waals surface area contributed by atoms with E-state index in [2.05, 4.69) is 9.71 Å². The van der Waals surface area contributed by atoms with Crippen molar-refractivity contribution in [2.24, 2.45) is 0 Å². The number of sulfonamides is 1. The molecule has 0 spiro atoms. The predicted molar refractivity (Wildman–Crippen MR) is 108 cm³/mol. The number of anilines is 1. The molecule has 2 aromatic rings. The third-order valence-electron chi connectivity index (χ3n) is 4.14. The molecule has 0 aliphatic carbocycles. The summed E-state index contributed by atoms with van der Waals surface area (Å²) in [5.74, 6) is 0. The Hall–Kier alpha value is -1.53. The maximum atomic E-state index is 12.9. The zero-order valence-electron chi connectivity index (χ0n) is 16.1. The van der Waals surface area contributed by atoms with Crippen LogP contribution >= 0.6 is 11.3 Å². The molecule has 150 valence electrons. The van der Waals surface area contributed by atoms with E-state index in [1.807, 2.05) is 13.8 Å². The lowest BCUT2D eigenvalue weighted by Gasteiger charge is -2.24. The molecular weight excluding hydrogens is 408 g/mol. The molecule has 0 bridgehead atoms. The van der Waals surface area contributed by atoms with Crippen molar-refractivity contribution in [1.29, 1.82) is 0 Å². The molecule has 0 radical (unpaired) electrons. The quantitative estimate of drug-likeness (QED) is 0.724. The average molecular weight is 433 g/mol. The van der Waals surface area contributed by atoms with E-state index in [1.165, 1.54) is 61.1 Å². The molecule has 2 rings (SSSR count). The Morgan fingerprint density at radius 3 is 2.04 bits per heavy atom. The summed E-state index contributed by atoms with van der Waals surface area (Å²) in [6, 6.07) is 5.18. The van der Waals surface area contributed by atoms with Gasteiger partial charge in [-0.05, 0) is 45.0 Å². The minimum atomic E-state index is -3.76. The summed E-state index contributed by atoms with van der Waals surface area (Å²) in [6.45, 7) is 5.59. The maximum absolute atomic E-state index is 12.9. The summed E-state index contributed by atoms with van der Waals surface area (Å²) in [4.78, 5) is 5.50. The molecule has 0 aliphatic rings. The lowest BCUT2D eigenvalue weighted by atomic mass is 10.2. The molecule has 1 atom stereocenters. The van der Waals surface area contributed by atoms with E-state index in [-0.39, 0.29) is 10.6 Å². The molecule has 27 heavy (non-hydrogen) atoms. The normalized spacial score (nSPS) is 13.9. The van der Waals surface area contributed by atoms with Crippen LogP contribution in [0.1, 0.15) is 28.5 Å². The van der Waals surface area contributed by atoms with E-state index < -0.39 is 26.3 Å².